The van der Waals surface area contributed by atoms with Crippen molar-refractivity contribution in [1.82, 2.24) is 4.40 Å². The second-order valence-electron chi connectivity index (χ2n) is 5.46. The number of hydrogen-bond acceptors (Lipinski definition) is 2. The van der Waals surface area contributed by atoms with Gasteiger partial charge in [0.2, 0.25) is 0 Å². The van der Waals surface area contributed by atoms with Crippen LogP contribution in [-0.4, -0.2) is 17.5 Å². The summed E-state index contributed by atoms with van der Waals surface area (Å²) in [4.78, 5) is 12.2. The van der Waals surface area contributed by atoms with Crippen molar-refractivity contribution in [2.75, 3.05) is 7.11 Å². The number of halogens is 1. The third kappa shape index (κ3) is 1.76. The number of ether oxygens (including phenoxy) is 1. The molecule has 0 saturated heterocycles. The fourth-order valence-corrected chi connectivity index (χ4v) is 3.49. The van der Waals surface area contributed by atoms with Gasteiger partial charge in [0.05, 0.1) is 23.1 Å². The first kappa shape index (κ1) is 12.5. The largest absolute Gasteiger partial charge is 0.468 e. The Hall–Kier alpha value is -1.48. The summed E-state index contributed by atoms with van der Waals surface area (Å²) in [6.07, 6.45) is 5.58. The Labute approximate surface area is 117 Å². The predicted molar refractivity (Wildman–Crippen MR) is 74.5 cm³/mol. The summed E-state index contributed by atoms with van der Waals surface area (Å²) in [6.45, 7) is 2.15. The number of pyridine rings is 1. The molecule has 0 aliphatic heterocycles. The van der Waals surface area contributed by atoms with Crippen LogP contribution >= 0.6 is 11.6 Å². The first-order valence-corrected chi connectivity index (χ1v) is 6.80. The molecule has 1 aliphatic rings. The number of carbonyl (C=O) groups is 1. The molecule has 1 saturated carbocycles. The van der Waals surface area contributed by atoms with Crippen molar-refractivity contribution in [2.24, 2.45) is 5.92 Å². The monoisotopic (exact) mass is 277 g/mol. The first-order chi connectivity index (χ1) is 9.06. The zero-order valence-corrected chi connectivity index (χ0v) is 11.8. The summed E-state index contributed by atoms with van der Waals surface area (Å²) >= 11 is 6.30. The van der Waals surface area contributed by atoms with Gasteiger partial charge in [0.15, 0.2) is 0 Å². The third-order valence-corrected chi connectivity index (χ3v) is 4.41. The van der Waals surface area contributed by atoms with Crippen LogP contribution in [0.15, 0.2) is 30.6 Å². The van der Waals surface area contributed by atoms with Crippen LogP contribution in [0, 0.1) is 5.92 Å². The molecule has 4 heteroatoms. The lowest BCUT2D eigenvalue weighted by Gasteiger charge is -2.44. The Balaban J connectivity index is 2.13. The number of esters is 1. The average Bonchev–Trinajstić information content (AvgIpc) is 2.82. The van der Waals surface area contributed by atoms with E-state index in [0.29, 0.717) is 10.9 Å². The zero-order chi connectivity index (χ0) is 13.6. The van der Waals surface area contributed by atoms with Gasteiger partial charge in [0.25, 0.3) is 0 Å². The van der Waals surface area contributed by atoms with Crippen LogP contribution in [0.5, 0.6) is 0 Å². The lowest BCUT2D eigenvalue weighted by molar-refractivity contribution is -0.153. The minimum atomic E-state index is -0.518. The highest BCUT2D eigenvalue weighted by Crippen LogP contribution is 2.49. The third-order valence-electron chi connectivity index (χ3n) is 4.11. The van der Waals surface area contributed by atoms with Gasteiger partial charge >= 0.3 is 5.97 Å². The van der Waals surface area contributed by atoms with Gasteiger partial charge in [-0.25, -0.2) is 0 Å². The average molecular weight is 278 g/mol. The van der Waals surface area contributed by atoms with Crippen molar-refractivity contribution in [3.05, 3.63) is 41.2 Å². The SMILES string of the molecule is COC(=O)C1(c2cc(Cl)c3cccn3c2)CC(C)C1. The topological polar surface area (TPSA) is 30.7 Å². The fraction of sp³-hybridized carbons (Fsp3) is 0.400. The summed E-state index contributed by atoms with van der Waals surface area (Å²) in [7, 11) is 1.45. The maximum atomic E-state index is 12.2. The summed E-state index contributed by atoms with van der Waals surface area (Å²) in [5.74, 6) is 0.381. The molecular weight excluding hydrogens is 262 g/mol. The molecule has 100 valence electrons. The van der Waals surface area contributed by atoms with Crippen LogP contribution in [0.1, 0.15) is 25.3 Å². The van der Waals surface area contributed by atoms with E-state index in [1.54, 1.807) is 0 Å². The molecule has 19 heavy (non-hydrogen) atoms. The van der Waals surface area contributed by atoms with Gasteiger partial charge in [-0.3, -0.25) is 4.79 Å². The van der Waals surface area contributed by atoms with Gasteiger partial charge in [-0.15, -0.1) is 0 Å². The molecule has 0 spiro atoms. The normalized spacial score (nSPS) is 26.2. The molecule has 0 aromatic carbocycles. The highest BCUT2D eigenvalue weighted by atomic mass is 35.5. The number of methoxy groups -OCH3 is 1. The van der Waals surface area contributed by atoms with Gasteiger partial charge in [-0.1, -0.05) is 18.5 Å². The lowest BCUT2D eigenvalue weighted by Crippen LogP contribution is -2.47. The maximum absolute atomic E-state index is 12.2. The molecule has 0 atom stereocenters. The Morgan fingerprint density at radius 3 is 2.89 bits per heavy atom. The van der Waals surface area contributed by atoms with E-state index in [9.17, 15) is 4.79 Å². The number of hydrogen-bond donors (Lipinski definition) is 0. The van der Waals surface area contributed by atoms with Crippen molar-refractivity contribution in [2.45, 2.75) is 25.2 Å². The van der Waals surface area contributed by atoms with Crippen molar-refractivity contribution in [3.8, 4) is 0 Å². The van der Waals surface area contributed by atoms with Crippen LogP contribution in [-0.2, 0) is 14.9 Å². The standard InChI is InChI=1S/C15H16ClNO2/c1-10-7-15(8-10,14(18)19-2)11-6-12(16)13-4-3-5-17(13)9-11/h3-6,9-10H,7-8H2,1-2H3. The number of nitrogens with zero attached hydrogens (tertiary/aromatic N) is 1. The Morgan fingerprint density at radius 1 is 1.53 bits per heavy atom. The molecule has 0 bridgehead atoms. The minimum absolute atomic E-state index is 0.159. The summed E-state index contributed by atoms with van der Waals surface area (Å²) in [5, 5.41) is 0.672. The number of aromatic nitrogens is 1. The van der Waals surface area contributed by atoms with Crippen LogP contribution in [0.25, 0.3) is 5.52 Å². The Morgan fingerprint density at radius 2 is 2.26 bits per heavy atom. The van der Waals surface area contributed by atoms with Gasteiger partial charge in [0.1, 0.15) is 0 Å². The number of carbonyl (C=O) groups excluding carboxylic acids is 1. The van der Waals surface area contributed by atoms with Gasteiger partial charge in [-0.2, -0.15) is 0 Å². The zero-order valence-electron chi connectivity index (χ0n) is 11.0. The van der Waals surface area contributed by atoms with E-state index < -0.39 is 5.41 Å². The molecule has 0 radical (unpaired) electrons. The highest BCUT2D eigenvalue weighted by Gasteiger charge is 2.51. The molecule has 3 rings (SSSR count). The summed E-state index contributed by atoms with van der Waals surface area (Å²) < 4.78 is 6.97. The number of rotatable bonds is 2. The molecule has 0 amide bonds. The van der Waals surface area contributed by atoms with E-state index in [4.69, 9.17) is 16.3 Å². The minimum Gasteiger partial charge on any atom is -0.468 e. The molecular formula is C15H16ClNO2. The Bertz CT molecular complexity index is 641. The van der Waals surface area contributed by atoms with Crippen LogP contribution in [0.2, 0.25) is 5.02 Å². The molecule has 1 aliphatic carbocycles. The summed E-state index contributed by atoms with van der Waals surface area (Å²) in [5.41, 5.74) is 1.39. The fourth-order valence-electron chi connectivity index (χ4n) is 3.21. The summed E-state index contributed by atoms with van der Waals surface area (Å²) in [6, 6.07) is 5.80. The van der Waals surface area contributed by atoms with Crippen LogP contribution in [0.3, 0.4) is 0 Å². The second-order valence-corrected chi connectivity index (χ2v) is 5.87. The van der Waals surface area contributed by atoms with Gasteiger partial charge in [-0.05, 0) is 42.5 Å². The van der Waals surface area contributed by atoms with Crippen molar-refractivity contribution < 1.29 is 9.53 Å². The Kier molecular flexibility index (Phi) is 2.82. The lowest BCUT2D eigenvalue weighted by atomic mass is 9.59. The van der Waals surface area contributed by atoms with E-state index >= 15 is 0 Å². The van der Waals surface area contributed by atoms with Crippen molar-refractivity contribution in [3.63, 3.8) is 0 Å². The van der Waals surface area contributed by atoms with Crippen LogP contribution in [0.4, 0.5) is 0 Å². The van der Waals surface area contributed by atoms with Gasteiger partial charge in [0, 0.05) is 12.4 Å². The smallest absolute Gasteiger partial charge is 0.316 e. The van der Waals surface area contributed by atoms with Crippen LogP contribution < -0.4 is 0 Å². The molecule has 2 aromatic heterocycles. The highest BCUT2D eigenvalue weighted by molar-refractivity contribution is 6.33. The molecule has 2 aromatic rings. The quantitative estimate of drug-likeness (QED) is 0.788. The van der Waals surface area contributed by atoms with E-state index in [1.165, 1.54) is 7.11 Å². The first-order valence-electron chi connectivity index (χ1n) is 6.42. The van der Waals surface area contributed by atoms with E-state index in [2.05, 4.69) is 6.92 Å². The van der Waals surface area contributed by atoms with Crippen molar-refractivity contribution in [1.29, 1.82) is 0 Å². The molecule has 1 fully saturated rings. The molecule has 0 unspecified atom stereocenters. The molecule has 2 heterocycles. The predicted octanol–water partition coefficient (Wildman–Crippen LogP) is 3.43. The number of fused-ring (bicyclic) bond motifs is 1. The molecule has 0 N–H and O–H groups in total. The van der Waals surface area contributed by atoms with E-state index in [-0.39, 0.29) is 5.97 Å². The van der Waals surface area contributed by atoms with Gasteiger partial charge < -0.3 is 9.14 Å². The molecule has 3 nitrogen and oxygen atoms in total. The van der Waals surface area contributed by atoms with Crippen molar-refractivity contribution >= 4 is 23.1 Å². The van der Waals surface area contributed by atoms with E-state index in [0.717, 1.165) is 23.9 Å². The maximum Gasteiger partial charge on any atom is 0.316 e. The second kappa shape index (κ2) is 4.27. The van der Waals surface area contributed by atoms with E-state index in [1.807, 2.05) is 35.0 Å².